The van der Waals surface area contributed by atoms with E-state index in [0.717, 1.165) is 11.5 Å². The van der Waals surface area contributed by atoms with Crippen molar-refractivity contribution >= 4 is 23.1 Å². The molecule has 1 N–H and O–H groups in total. The first-order valence-corrected chi connectivity index (χ1v) is 6.50. The maximum Gasteiger partial charge on any atom is 0.103 e. The molecule has 2 nitrogen and oxygen atoms in total. The molecule has 13 heavy (non-hydrogen) atoms. The zero-order valence-electron chi connectivity index (χ0n) is 8.33. The average Bonchev–Trinajstić information content (AvgIpc) is 2.62. The van der Waals surface area contributed by atoms with Crippen LogP contribution in [0.5, 0.6) is 0 Å². The Balaban J connectivity index is 2.53. The van der Waals surface area contributed by atoms with Gasteiger partial charge in [0.25, 0.3) is 0 Å². The summed E-state index contributed by atoms with van der Waals surface area (Å²) in [5, 5.41) is 6.57. The minimum absolute atomic E-state index is 0.372. The van der Waals surface area contributed by atoms with E-state index in [1.807, 2.05) is 18.8 Å². The molecular weight excluding hydrogens is 200 g/mol. The van der Waals surface area contributed by atoms with Crippen LogP contribution in [0, 0.1) is 0 Å². The van der Waals surface area contributed by atoms with Crippen molar-refractivity contribution in [3.8, 4) is 0 Å². The maximum absolute atomic E-state index is 4.55. The maximum atomic E-state index is 4.55. The van der Waals surface area contributed by atoms with Crippen molar-refractivity contribution < 1.29 is 0 Å². The van der Waals surface area contributed by atoms with Crippen molar-refractivity contribution in [3.63, 3.8) is 0 Å². The largest absolute Gasteiger partial charge is 0.312 e. The van der Waals surface area contributed by atoms with E-state index in [4.69, 9.17) is 0 Å². The van der Waals surface area contributed by atoms with Crippen molar-refractivity contribution in [1.82, 2.24) is 10.3 Å². The molecule has 0 fully saturated rings. The summed E-state index contributed by atoms with van der Waals surface area (Å²) in [6, 6.07) is 0.372. The molecule has 1 aromatic heterocycles. The third-order valence-corrected chi connectivity index (χ3v) is 3.81. The summed E-state index contributed by atoms with van der Waals surface area (Å²) >= 11 is 3.68. The Morgan fingerprint density at radius 1 is 1.69 bits per heavy atom. The van der Waals surface area contributed by atoms with Gasteiger partial charge in [0.05, 0.1) is 5.69 Å². The number of nitrogens with one attached hydrogen (secondary N) is 1. The number of hydrogen-bond acceptors (Lipinski definition) is 4. The molecule has 0 bridgehead atoms. The van der Waals surface area contributed by atoms with Gasteiger partial charge in [-0.25, -0.2) is 4.98 Å². The predicted molar refractivity (Wildman–Crippen MR) is 61.4 cm³/mol. The molecule has 1 atom stereocenters. The highest BCUT2D eigenvalue weighted by Crippen LogP contribution is 2.20. The van der Waals surface area contributed by atoms with Crippen LogP contribution in [-0.2, 0) is 5.75 Å². The van der Waals surface area contributed by atoms with Crippen LogP contribution in [-0.4, -0.2) is 17.8 Å². The van der Waals surface area contributed by atoms with Gasteiger partial charge in [-0.05, 0) is 19.7 Å². The van der Waals surface area contributed by atoms with Crippen molar-refractivity contribution in [1.29, 1.82) is 0 Å². The zero-order chi connectivity index (χ0) is 9.68. The summed E-state index contributed by atoms with van der Waals surface area (Å²) in [6.45, 7) is 4.31. The smallest absolute Gasteiger partial charge is 0.103 e. The number of rotatable bonds is 5. The van der Waals surface area contributed by atoms with E-state index >= 15 is 0 Å². The molecule has 0 saturated carbocycles. The number of thiazole rings is 1. The molecule has 0 aliphatic heterocycles. The number of hydrogen-bond donors (Lipinski definition) is 1. The first-order chi connectivity index (χ1) is 6.27. The van der Waals surface area contributed by atoms with Gasteiger partial charge in [0.2, 0.25) is 0 Å². The molecule has 1 aromatic rings. The van der Waals surface area contributed by atoms with Crippen molar-refractivity contribution in [2.75, 3.05) is 12.8 Å². The van der Waals surface area contributed by atoms with Gasteiger partial charge in [-0.3, -0.25) is 0 Å². The second-order valence-corrected chi connectivity index (χ2v) is 5.03. The molecule has 0 radical (unpaired) electrons. The van der Waals surface area contributed by atoms with Gasteiger partial charge in [-0.2, -0.15) is 11.8 Å². The fourth-order valence-corrected chi connectivity index (χ4v) is 2.56. The molecule has 0 amide bonds. The molecular formula is C9H16N2S2. The van der Waals surface area contributed by atoms with E-state index in [1.165, 1.54) is 10.7 Å². The molecule has 1 unspecified atom stereocenters. The van der Waals surface area contributed by atoms with Crippen LogP contribution >= 0.6 is 23.1 Å². The first-order valence-electron chi connectivity index (χ1n) is 4.47. The lowest BCUT2D eigenvalue weighted by Gasteiger charge is -2.04. The van der Waals surface area contributed by atoms with Crippen LogP contribution in [0.2, 0.25) is 0 Å². The summed E-state index contributed by atoms with van der Waals surface area (Å²) in [5.41, 5.74) is 1.17. The van der Waals surface area contributed by atoms with Crippen LogP contribution in [0.25, 0.3) is 0 Å². The van der Waals surface area contributed by atoms with E-state index in [0.29, 0.717) is 6.04 Å². The first kappa shape index (κ1) is 11.0. The van der Waals surface area contributed by atoms with E-state index in [-0.39, 0.29) is 0 Å². The molecule has 0 aliphatic carbocycles. The van der Waals surface area contributed by atoms with Gasteiger partial charge in [-0.1, -0.05) is 6.92 Å². The van der Waals surface area contributed by atoms with Gasteiger partial charge < -0.3 is 5.32 Å². The minimum Gasteiger partial charge on any atom is -0.312 e. The highest BCUT2D eigenvalue weighted by Gasteiger charge is 2.07. The fraction of sp³-hybridized carbons (Fsp3) is 0.667. The molecule has 0 aromatic carbocycles. The molecule has 1 heterocycles. The average molecular weight is 216 g/mol. The minimum atomic E-state index is 0.372. The third kappa shape index (κ3) is 3.29. The quantitative estimate of drug-likeness (QED) is 0.819. The lowest BCUT2D eigenvalue weighted by atomic mass is 10.3. The monoisotopic (exact) mass is 216 g/mol. The topological polar surface area (TPSA) is 24.9 Å². The summed E-state index contributed by atoms with van der Waals surface area (Å²) < 4.78 is 0. The number of nitrogens with zero attached hydrogens (tertiary/aromatic N) is 1. The Morgan fingerprint density at radius 2 is 2.46 bits per heavy atom. The van der Waals surface area contributed by atoms with Crippen LogP contribution in [0.1, 0.15) is 30.6 Å². The molecule has 1 rings (SSSR count). The van der Waals surface area contributed by atoms with Crippen molar-refractivity contribution in [2.24, 2.45) is 0 Å². The van der Waals surface area contributed by atoms with Crippen molar-refractivity contribution in [2.45, 2.75) is 25.6 Å². The predicted octanol–water partition coefficient (Wildman–Crippen LogP) is 2.68. The van der Waals surface area contributed by atoms with E-state index in [9.17, 15) is 0 Å². The molecule has 0 spiro atoms. The molecule has 4 heteroatoms. The fourth-order valence-electron chi connectivity index (χ4n) is 0.928. The van der Waals surface area contributed by atoms with Gasteiger partial charge in [0.15, 0.2) is 0 Å². The summed E-state index contributed by atoms with van der Waals surface area (Å²) in [7, 11) is 1.96. The van der Waals surface area contributed by atoms with Gasteiger partial charge in [-0.15, -0.1) is 11.3 Å². The van der Waals surface area contributed by atoms with E-state index in [2.05, 4.69) is 29.5 Å². The van der Waals surface area contributed by atoms with Gasteiger partial charge in [0.1, 0.15) is 5.01 Å². The SMILES string of the molecule is CCSCc1nc(C(C)NC)cs1. The Kier molecular flexibility index (Phi) is 4.77. The summed E-state index contributed by atoms with van der Waals surface area (Å²) in [5.74, 6) is 2.22. The molecule has 74 valence electrons. The second-order valence-electron chi connectivity index (χ2n) is 2.81. The summed E-state index contributed by atoms with van der Waals surface area (Å²) in [4.78, 5) is 4.55. The highest BCUT2D eigenvalue weighted by molar-refractivity contribution is 7.98. The van der Waals surface area contributed by atoms with Crippen LogP contribution < -0.4 is 5.32 Å². The Morgan fingerprint density at radius 3 is 3.08 bits per heavy atom. The standard InChI is InChI=1S/C9H16N2S2/c1-4-12-6-9-11-8(5-13-9)7(2)10-3/h5,7,10H,4,6H2,1-3H3. The Labute approximate surface area is 88.2 Å². The molecule has 0 aliphatic rings. The van der Waals surface area contributed by atoms with Crippen LogP contribution in [0.4, 0.5) is 0 Å². The highest BCUT2D eigenvalue weighted by atomic mass is 32.2. The normalized spacial score (nSPS) is 13.2. The van der Waals surface area contributed by atoms with Crippen LogP contribution in [0.3, 0.4) is 0 Å². The lowest BCUT2D eigenvalue weighted by Crippen LogP contribution is -2.12. The van der Waals surface area contributed by atoms with Crippen molar-refractivity contribution in [3.05, 3.63) is 16.1 Å². The molecule has 0 saturated heterocycles. The summed E-state index contributed by atoms with van der Waals surface area (Å²) in [6.07, 6.45) is 0. The van der Waals surface area contributed by atoms with E-state index in [1.54, 1.807) is 11.3 Å². The number of aromatic nitrogens is 1. The lowest BCUT2D eigenvalue weighted by molar-refractivity contribution is 0.635. The van der Waals surface area contributed by atoms with E-state index < -0.39 is 0 Å². The Bertz CT molecular complexity index is 248. The van der Waals surface area contributed by atoms with Gasteiger partial charge >= 0.3 is 0 Å². The zero-order valence-corrected chi connectivity index (χ0v) is 9.97. The number of thioether (sulfide) groups is 1. The Hall–Kier alpha value is -0.0600. The van der Waals surface area contributed by atoms with Gasteiger partial charge in [0, 0.05) is 17.2 Å². The van der Waals surface area contributed by atoms with Crippen LogP contribution in [0.15, 0.2) is 5.38 Å². The third-order valence-electron chi connectivity index (χ3n) is 1.88. The second kappa shape index (κ2) is 5.62.